The first-order valence-corrected chi connectivity index (χ1v) is 7.70. The van der Waals surface area contributed by atoms with E-state index >= 15 is 0 Å². The molecular formula is C20H18O4. The zero-order valence-electron chi connectivity index (χ0n) is 14.1. The molecule has 122 valence electrons. The summed E-state index contributed by atoms with van der Waals surface area (Å²) in [5.74, 6) is 0.572. The summed E-state index contributed by atoms with van der Waals surface area (Å²) in [6.07, 6.45) is 0. The Hall–Kier alpha value is -2.88. The van der Waals surface area contributed by atoms with Gasteiger partial charge in [0.05, 0.1) is 11.1 Å². The minimum atomic E-state index is -0.440. The third kappa shape index (κ3) is 2.83. The molecule has 0 aliphatic carbocycles. The first kappa shape index (κ1) is 16.0. The molecule has 0 unspecified atom stereocenters. The van der Waals surface area contributed by atoms with E-state index in [4.69, 9.17) is 9.47 Å². The van der Waals surface area contributed by atoms with Gasteiger partial charge in [-0.05, 0) is 57.0 Å². The van der Waals surface area contributed by atoms with Gasteiger partial charge in [0.2, 0.25) is 5.78 Å². The zero-order valence-corrected chi connectivity index (χ0v) is 14.1. The summed E-state index contributed by atoms with van der Waals surface area (Å²) in [6.45, 7) is 7.37. The fourth-order valence-corrected chi connectivity index (χ4v) is 2.69. The Morgan fingerprint density at radius 2 is 1.83 bits per heavy atom. The minimum Gasteiger partial charge on any atom is -0.452 e. The van der Waals surface area contributed by atoms with Crippen molar-refractivity contribution in [2.75, 3.05) is 0 Å². The van der Waals surface area contributed by atoms with Gasteiger partial charge in [-0.1, -0.05) is 17.7 Å². The fraction of sp³-hybridized carbons (Fsp3) is 0.200. The number of Topliss-reactive ketones (excluding diaryl/α,β-unsaturated/α-hetero) is 1. The molecule has 1 aliphatic rings. The van der Waals surface area contributed by atoms with Crippen molar-refractivity contribution in [2.45, 2.75) is 27.7 Å². The van der Waals surface area contributed by atoms with Crippen LogP contribution in [0.3, 0.4) is 0 Å². The molecule has 0 fully saturated rings. The van der Waals surface area contributed by atoms with Crippen LogP contribution in [-0.4, -0.2) is 11.8 Å². The van der Waals surface area contributed by atoms with Gasteiger partial charge in [0.15, 0.2) is 5.76 Å². The number of carbonyl (C=O) groups excluding carboxylic acids is 2. The van der Waals surface area contributed by atoms with Crippen molar-refractivity contribution in [3.63, 3.8) is 0 Å². The molecule has 0 radical (unpaired) electrons. The van der Waals surface area contributed by atoms with Gasteiger partial charge in [-0.3, -0.25) is 4.79 Å². The number of carbonyl (C=O) groups is 2. The summed E-state index contributed by atoms with van der Waals surface area (Å²) < 4.78 is 11.1. The summed E-state index contributed by atoms with van der Waals surface area (Å²) in [5.41, 5.74) is 3.53. The van der Waals surface area contributed by atoms with Crippen molar-refractivity contribution in [3.05, 3.63) is 70.0 Å². The number of allylic oxidation sites excluding steroid dienone is 2. The monoisotopic (exact) mass is 322 g/mol. The lowest BCUT2D eigenvalue weighted by molar-refractivity contribution is 0.0734. The highest BCUT2D eigenvalue weighted by Gasteiger charge is 2.31. The second-order valence-corrected chi connectivity index (χ2v) is 6.13. The molecule has 0 atom stereocenters. The van der Waals surface area contributed by atoms with Gasteiger partial charge in [-0.25, -0.2) is 4.79 Å². The number of ether oxygens (including phenoxy) is 2. The van der Waals surface area contributed by atoms with Crippen LogP contribution in [0.4, 0.5) is 0 Å². The SMILES string of the molecule is CC(C)=C1Oc2cc(OC(=O)c3cccc(C)c3)cc(C)c2C1=O. The number of rotatable bonds is 2. The molecule has 0 aromatic heterocycles. The van der Waals surface area contributed by atoms with Gasteiger partial charge in [0, 0.05) is 6.07 Å². The van der Waals surface area contributed by atoms with Crippen LogP contribution in [0.15, 0.2) is 47.7 Å². The van der Waals surface area contributed by atoms with E-state index in [0.29, 0.717) is 28.4 Å². The molecule has 3 rings (SSSR count). The van der Waals surface area contributed by atoms with Gasteiger partial charge >= 0.3 is 5.97 Å². The van der Waals surface area contributed by atoms with Crippen LogP contribution < -0.4 is 9.47 Å². The summed E-state index contributed by atoms with van der Waals surface area (Å²) in [5, 5.41) is 0. The largest absolute Gasteiger partial charge is 0.452 e. The highest BCUT2D eigenvalue weighted by atomic mass is 16.5. The van der Waals surface area contributed by atoms with E-state index in [1.807, 2.05) is 32.9 Å². The minimum absolute atomic E-state index is 0.126. The third-order valence-electron chi connectivity index (χ3n) is 3.84. The van der Waals surface area contributed by atoms with Crippen molar-refractivity contribution in [1.29, 1.82) is 0 Å². The van der Waals surface area contributed by atoms with Crippen molar-refractivity contribution in [1.82, 2.24) is 0 Å². The van der Waals surface area contributed by atoms with Gasteiger partial charge in [-0.2, -0.15) is 0 Å². The van der Waals surface area contributed by atoms with E-state index in [2.05, 4.69) is 0 Å². The number of fused-ring (bicyclic) bond motifs is 1. The maximum absolute atomic E-state index is 12.4. The predicted octanol–water partition coefficient (Wildman–Crippen LogP) is 4.39. The molecule has 0 amide bonds. The molecule has 4 nitrogen and oxygen atoms in total. The second-order valence-electron chi connectivity index (χ2n) is 6.13. The van der Waals surface area contributed by atoms with E-state index in [0.717, 1.165) is 16.7 Å². The number of ketones is 1. The Bertz CT molecular complexity index is 887. The Morgan fingerprint density at radius 3 is 2.50 bits per heavy atom. The lowest BCUT2D eigenvalue weighted by Crippen LogP contribution is -2.09. The standard InChI is InChI=1S/C20H18O4/c1-11(2)19-18(21)17-13(4)9-15(10-16(17)24-19)23-20(22)14-7-5-6-12(3)8-14/h5-10H,1-4H3. The lowest BCUT2D eigenvalue weighted by Gasteiger charge is -2.08. The van der Waals surface area contributed by atoms with Crippen LogP contribution >= 0.6 is 0 Å². The smallest absolute Gasteiger partial charge is 0.343 e. The predicted molar refractivity (Wildman–Crippen MR) is 90.6 cm³/mol. The quantitative estimate of drug-likeness (QED) is 0.467. The summed E-state index contributed by atoms with van der Waals surface area (Å²) >= 11 is 0. The first-order valence-electron chi connectivity index (χ1n) is 7.70. The molecule has 0 saturated carbocycles. The maximum atomic E-state index is 12.4. The van der Waals surface area contributed by atoms with Gasteiger partial charge in [0.25, 0.3) is 0 Å². The molecule has 0 bridgehead atoms. The number of esters is 1. The molecule has 2 aromatic rings. The van der Waals surface area contributed by atoms with E-state index in [-0.39, 0.29) is 5.78 Å². The van der Waals surface area contributed by atoms with Crippen molar-refractivity contribution in [2.24, 2.45) is 0 Å². The molecule has 0 spiro atoms. The molecule has 4 heteroatoms. The van der Waals surface area contributed by atoms with Crippen LogP contribution in [0.1, 0.15) is 45.7 Å². The number of benzene rings is 2. The van der Waals surface area contributed by atoms with Crippen molar-refractivity contribution < 1.29 is 19.1 Å². The lowest BCUT2D eigenvalue weighted by atomic mass is 10.0. The van der Waals surface area contributed by atoms with Crippen LogP contribution in [-0.2, 0) is 0 Å². The van der Waals surface area contributed by atoms with Crippen LogP contribution in [0.25, 0.3) is 0 Å². The number of aryl methyl sites for hydroxylation is 2. The molecular weight excluding hydrogens is 304 g/mol. The Labute approximate surface area is 140 Å². The molecule has 24 heavy (non-hydrogen) atoms. The molecule has 1 aliphatic heterocycles. The van der Waals surface area contributed by atoms with E-state index in [9.17, 15) is 9.59 Å². The molecule has 1 heterocycles. The average Bonchev–Trinajstić information content (AvgIpc) is 2.84. The number of hydrogen-bond donors (Lipinski definition) is 0. The number of hydrogen-bond acceptors (Lipinski definition) is 4. The molecule has 2 aromatic carbocycles. The van der Waals surface area contributed by atoms with Crippen LogP contribution in [0, 0.1) is 13.8 Å². The van der Waals surface area contributed by atoms with E-state index < -0.39 is 5.97 Å². The summed E-state index contributed by atoms with van der Waals surface area (Å²) in [4.78, 5) is 24.6. The highest BCUT2D eigenvalue weighted by molar-refractivity contribution is 6.13. The van der Waals surface area contributed by atoms with Gasteiger partial charge in [-0.15, -0.1) is 0 Å². The third-order valence-corrected chi connectivity index (χ3v) is 3.84. The Balaban J connectivity index is 1.92. The Morgan fingerprint density at radius 1 is 1.08 bits per heavy atom. The first-order chi connectivity index (χ1) is 11.4. The molecule has 0 saturated heterocycles. The average molecular weight is 322 g/mol. The zero-order chi connectivity index (χ0) is 17.4. The maximum Gasteiger partial charge on any atom is 0.343 e. The topological polar surface area (TPSA) is 52.6 Å². The second kappa shape index (κ2) is 5.96. The van der Waals surface area contributed by atoms with Crippen LogP contribution in [0.2, 0.25) is 0 Å². The van der Waals surface area contributed by atoms with Crippen molar-refractivity contribution in [3.8, 4) is 11.5 Å². The van der Waals surface area contributed by atoms with E-state index in [1.165, 1.54) is 0 Å². The molecule has 0 N–H and O–H groups in total. The Kier molecular flexibility index (Phi) is 3.97. The van der Waals surface area contributed by atoms with Gasteiger partial charge < -0.3 is 9.47 Å². The van der Waals surface area contributed by atoms with Crippen LogP contribution in [0.5, 0.6) is 11.5 Å². The van der Waals surface area contributed by atoms with Gasteiger partial charge in [0.1, 0.15) is 11.5 Å². The highest BCUT2D eigenvalue weighted by Crippen LogP contribution is 2.38. The summed E-state index contributed by atoms with van der Waals surface area (Å²) in [6, 6.07) is 10.5. The normalized spacial score (nSPS) is 12.7. The summed E-state index contributed by atoms with van der Waals surface area (Å²) in [7, 11) is 0. The van der Waals surface area contributed by atoms with Crippen molar-refractivity contribution >= 4 is 11.8 Å². The fourth-order valence-electron chi connectivity index (χ4n) is 2.69. The van der Waals surface area contributed by atoms with E-state index in [1.54, 1.807) is 31.2 Å².